The van der Waals surface area contributed by atoms with Gasteiger partial charge in [0.05, 0.1) is 12.6 Å². The van der Waals surface area contributed by atoms with Gasteiger partial charge in [0, 0.05) is 35.8 Å². The summed E-state index contributed by atoms with van der Waals surface area (Å²) >= 11 is 0. The number of anilines is 2. The number of rotatable bonds is 10. The fraction of sp³-hybridized carbons (Fsp3) is 0.292. The van der Waals surface area contributed by atoms with E-state index < -0.39 is 5.97 Å². The molecule has 0 saturated heterocycles. The maximum Gasteiger partial charge on any atom is 0.339 e. The SMILES string of the molecule is CCN(CC)CCNC(=O)c1ccc(Nc2nc3cc(OC)ccc3cc2C(=O)O)cc1. The van der Waals surface area contributed by atoms with Gasteiger partial charge in [-0.2, -0.15) is 0 Å². The summed E-state index contributed by atoms with van der Waals surface area (Å²) in [5, 5.41) is 16.3. The number of fused-ring (bicyclic) bond motifs is 1. The van der Waals surface area contributed by atoms with Crippen molar-refractivity contribution < 1.29 is 19.4 Å². The van der Waals surface area contributed by atoms with E-state index >= 15 is 0 Å². The van der Waals surface area contributed by atoms with Gasteiger partial charge >= 0.3 is 5.97 Å². The van der Waals surface area contributed by atoms with Crippen LogP contribution in [0.5, 0.6) is 5.75 Å². The number of hydrogen-bond acceptors (Lipinski definition) is 6. The maximum atomic E-state index is 12.4. The Morgan fingerprint density at radius 2 is 1.78 bits per heavy atom. The summed E-state index contributed by atoms with van der Waals surface area (Å²) in [6.45, 7) is 7.45. The van der Waals surface area contributed by atoms with Gasteiger partial charge < -0.3 is 25.4 Å². The zero-order chi connectivity index (χ0) is 23.1. The van der Waals surface area contributed by atoms with Crippen molar-refractivity contribution in [2.24, 2.45) is 0 Å². The lowest BCUT2D eigenvalue weighted by atomic mass is 10.1. The summed E-state index contributed by atoms with van der Waals surface area (Å²) in [6, 6.07) is 13.7. The zero-order valence-corrected chi connectivity index (χ0v) is 18.5. The molecule has 2 aromatic carbocycles. The first-order chi connectivity index (χ1) is 15.4. The maximum absolute atomic E-state index is 12.4. The lowest BCUT2D eigenvalue weighted by molar-refractivity contribution is 0.0697. The van der Waals surface area contributed by atoms with Crippen LogP contribution in [0.2, 0.25) is 0 Å². The summed E-state index contributed by atoms with van der Waals surface area (Å²) in [5.74, 6) is -0.377. The van der Waals surface area contributed by atoms with Gasteiger partial charge in [-0.3, -0.25) is 4.79 Å². The lowest BCUT2D eigenvalue weighted by Crippen LogP contribution is -2.34. The molecule has 0 aliphatic carbocycles. The molecule has 1 heterocycles. The van der Waals surface area contributed by atoms with Crippen LogP contribution < -0.4 is 15.4 Å². The predicted molar refractivity (Wildman–Crippen MR) is 125 cm³/mol. The van der Waals surface area contributed by atoms with Crippen LogP contribution in [0.4, 0.5) is 11.5 Å². The minimum atomic E-state index is -1.08. The fourth-order valence-corrected chi connectivity index (χ4v) is 3.34. The number of aromatic carboxylic acids is 1. The minimum absolute atomic E-state index is 0.0564. The molecule has 1 amide bonds. The normalized spacial score (nSPS) is 10.9. The molecule has 32 heavy (non-hydrogen) atoms. The Morgan fingerprint density at radius 3 is 2.41 bits per heavy atom. The summed E-state index contributed by atoms with van der Waals surface area (Å²) < 4.78 is 5.23. The highest BCUT2D eigenvalue weighted by Crippen LogP contribution is 2.26. The molecule has 0 radical (unpaired) electrons. The zero-order valence-electron chi connectivity index (χ0n) is 18.5. The molecular formula is C24H28N4O4. The Kier molecular flexibility index (Phi) is 7.62. The van der Waals surface area contributed by atoms with Crippen molar-refractivity contribution in [1.82, 2.24) is 15.2 Å². The highest BCUT2D eigenvalue weighted by atomic mass is 16.5. The quantitative estimate of drug-likeness (QED) is 0.445. The average molecular weight is 437 g/mol. The first kappa shape index (κ1) is 23.0. The van der Waals surface area contributed by atoms with Gasteiger partial charge in [0.15, 0.2) is 0 Å². The second-order valence-corrected chi connectivity index (χ2v) is 7.23. The number of pyridine rings is 1. The van der Waals surface area contributed by atoms with Crippen LogP contribution in [-0.2, 0) is 0 Å². The Morgan fingerprint density at radius 1 is 1.06 bits per heavy atom. The van der Waals surface area contributed by atoms with Crippen LogP contribution in [0.3, 0.4) is 0 Å². The van der Waals surface area contributed by atoms with Crippen molar-refractivity contribution in [3.63, 3.8) is 0 Å². The smallest absolute Gasteiger partial charge is 0.339 e. The fourth-order valence-electron chi connectivity index (χ4n) is 3.34. The Hall–Kier alpha value is -3.65. The van der Waals surface area contributed by atoms with Crippen molar-refractivity contribution in [1.29, 1.82) is 0 Å². The van der Waals surface area contributed by atoms with Crippen molar-refractivity contribution >= 4 is 34.3 Å². The first-order valence-corrected chi connectivity index (χ1v) is 10.5. The topological polar surface area (TPSA) is 104 Å². The highest BCUT2D eigenvalue weighted by Gasteiger charge is 2.15. The largest absolute Gasteiger partial charge is 0.497 e. The molecule has 0 aliphatic rings. The minimum Gasteiger partial charge on any atom is -0.497 e. The van der Waals surface area contributed by atoms with E-state index in [9.17, 15) is 14.7 Å². The van der Waals surface area contributed by atoms with Crippen molar-refractivity contribution in [3.8, 4) is 5.75 Å². The third-order valence-corrected chi connectivity index (χ3v) is 5.27. The average Bonchev–Trinajstić information content (AvgIpc) is 2.81. The Labute approximate surface area is 187 Å². The molecule has 0 bridgehead atoms. The lowest BCUT2D eigenvalue weighted by Gasteiger charge is -2.18. The van der Waals surface area contributed by atoms with E-state index in [0.717, 1.165) is 19.6 Å². The number of carbonyl (C=O) groups excluding carboxylic acids is 1. The van der Waals surface area contributed by atoms with Crippen LogP contribution in [-0.4, -0.2) is 60.2 Å². The molecule has 0 aliphatic heterocycles. The molecule has 8 nitrogen and oxygen atoms in total. The second kappa shape index (κ2) is 10.6. The number of nitrogens with one attached hydrogen (secondary N) is 2. The number of ether oxygens (including phenoxy) is 1. The summed E-state index contributed by atoms with van der Waals surface area (Å²) in [7, 11) is 1.56. The van der Waals surface area contributed by atoms with Gasteiger partial charge in [0.25, 0.3) is 5.91 Å². The number of methoxy groups -OCH3 is 1. The van der Waals surface area contributed by atoms with Gasteiger partial charge in [-0.15, -0.1) is 0 Å². The number of likely N-dealkylation sites (N-methyl/N-ethyl adjacent to an activating group) is 1. The number of carboxylic acid groups (broad SMARTS) is 1. The highest BCUT2D eigenvalue weighted by molar-refractivity contribution is 5.99. The van der Waals surface area contributed by atoms with Gasteiger partial charge in [-0.1, -0.05) is 13.8 Å². The van der Waals surface area contributed by atoms with Crippen LogP contribution in [0, 0.1) is 0 Å². The Balaban J connectivity index is 1.75. The number of carboxylic acids is 1. The molecule has 3 rings (SSSR count). The van der Waals surface area contributed by atoms with E-state index in [4.69, 9.17) is 4.74 Å². The Bertz CT molecular complexity index is 1100. The van der Waals surface area contributed by atoms with Crippen LogP contribution in [0.15, 0.2) is 48.5 Å². The molecule has 0 saturated carbocycles. The monoisotopic (exact) mass is 436 g/mol. The van der Waals surface area contributed by atoms with E-state index in [-0.39, 0.29) is 17.3 Å². The van der Waals surface area contributed by atoms with Crippen LogP contribution >= 0.6 is 0 Å². The van der Waals surface area contributed by atoms with Crippen LogP contribution in [0.25, 0.3) is 10.9 Å². The van der Waals surface area contributed by atoms with Gasteiger partial charge in [-0.25, -0.2) is 9.78 Å². The number of amides is 1. The molecule has 0 fully saturated rings. The van der Waals surface area contributed by atoms with E-state index in [1.54, 1.807) is 55.6 Å². The van der Waals surface area contributed by atoms with Crippen molar-refractivity contribution in [3.05, 3.63) is 59.7 Å². The van der Waals surface area contributed by atoms with E-state index in [2.05, 4.69) is 34.4 Å². The number of benzene rings is 2. The summed E-state index contributed by atoms with van der Waals surface area (Å²) in [5.41, 5.74) is 1.83. The molecule has 8 heteroatoms. The molecule has 1 aromatic heterocycles. The molecule has 0 spiro atoms. The van der Waals surface area contributed by atoms with Gasteiger partial charge in [0.1, 0.15) is 17.1 Å². The number of nitrogens with zero attached hydrogens (tertiary/aromatic N) is 2. The summed E-state index contributed by atoms with van der Waals surface area (Å²) in [4.78, 5) is 30.8. The second-order valence-electron chi connectivity index (χ2n) is 7.23. The van der Waals surface area contributed by atoms with Gasteiger partial charge in [0.2, 0.25) is 0 Å². The predicted octanol–water partition coefficient (Wildman–Crippen LogP) is 3.76. The molecule has 0 atom stereocenters. The van der Waals surface area contributed by atoms with E-state index in [0.29, 0.717) is 34.4 Å². The molecule has 3 N–H and O–H groups in total. The van der Waals surface area contributed by atoms with E-state index in [1.165, 1.54) is 0 Å². The summed E-state index contributed by atoms with van der Waals surface area (Å²) in [6.07, 6.45) is 0. The third-order valence-electron chi connectivity index (χ3n) is 5.27. The number of hydrogen-bond donors (Lipinski definition) is 3. The van der Waals surface area contributed by atoms with Crippen molar-refractivity contribution in [2.75, 3.05) is 38.6 Å². The van der Waals surface area contributed by atoms with Crippen molar-refractivity contribution in [2.45, 2.75) is 13.8 Å². The molecule has 3 aromatic rings. The molecule has 168 valence electrons. The standard InChI is InChI=1S/C24H28N4O4/c1-4-28(5-2)13-12-25-23(29)16-6-9-18(10-7-16)26-22-20(24(30)31)14-17-8-11-19(32-3)15-21(17)27-22/h6-11,14-15H,4-5,12-13H2,1-3H3,(H,25,29)(H,26,27)(H,30,31). The third kappa shape index (κ3) is 5.53. The molecular weight excluding hydrogens is 408 g/mol. The first-order valence-electron chi connectivity index (χ1n) is 10.5. The van der Waals surface area contributed by atoms with Gasteiger partial charge in [-0.05, 0) is 55.6 Å². The van der Waals surface area contributed by atoms with Crippen LogP contribution in [0.1, 0.15) is 34.6 Å². The van der Waals surface area contributed by atoms with E-state index in [1.807, 2.05) is 0 Å². The number of aromatic nitrogens is 1. The molecule has 0 unspecified atom stereocenters. The number of carbonyl (C=O) groups is 2.